The van der Waals surface area contributed by atoms with Crippen LogP contribution in [0.5, 0.6) is 0 Å². The summed E-state index contributed by atoms with van der Waals surface area (Å²) in [5, 5.41) is 10.1. The van der Waals surface area contributed by atoms with Crippen LogP contribution in [0.2, 0.25) is 0 Å². The fourth-order valence-electron chi connectivity index (χ4n) is 12.5. The zero-order valence-electron chi connectivity index (χ0n) is 63.8. The third kappa shape index (κ3) is 22.1. The summed E-state index contributed by atoms with van der Waals surface area (Å²) in [7, 11) is -17.3. The van der Waals surface area contributed by atoms with Crippen molar-refractivity contribution in [2.45, 2.75) is 123 Å². The second-order valence-corrected chi connectivity index (χ2v) is 33.2. The van der Waals surface area contributed by atoms with Crippen LogP contribution in [-0.2, 0) is 110 Å². The Bertz CT molecular complexity index is 5500. The van der Waals surface area contributed by atoms with E-state index in [1.165, 1.54) is 63.6 Å². The molecule has 0 unspecified atom stereocenters. The molecule has 12 rings (SSSR count). The van der Waals surface area contributed by atoms with Crippen molar-refractivity contribution in [3.63, 3.8) is 0 Å². The van der Waals surface area contributed by atoms with Gasteiger partial charge in [-0.15, -0.1) is 0 Å². The van der Waals surface area contributed by atoms with Gasteiger partial charge in [-0.1, -0.05) is 165 Å². The quantitative estimate of drug-likeness (QED) is 0.0342. The summed E-state index contributed by atoms with van der Waals surface area (Å²) in [6, 6.07) is 61.0. The highest BCUT2D eigenvalue weighted by Crippen LogP contribution is 2.46. The van der Waals surface area contributed by atoms with Gasteiger partial charge in [-0.2, -0.15) is 25.3 Å². The van der Waals surface area contributed by atoms with Crippen LogP contribution in [0.15, 0.2) is 223 Å². The molecule has 0 spiro atoms. The smallest absolute Gasteiger partial charge is 0.264 e. The summed E-state index contributed by atoms with van der Waals surface area (Å²) < 4.78 is 162. The molecule has 0 aromatic heterocycles. The van der Waals surface area contributed by atoms with E-state index in [2.05, 4.69) is 147 Å². The van der Waals surface area contributed by atoms with Gasteiger partial charge in [0.25, 0.3) is 30.4 Å². The summed E-state index contributed by atoms with van der Waals surface area (Å²) in [6.07, 6.45) is 8.96. The standard InChI is InChI=1S/2C39H38N2O4S.3C2H6O3S/c2*1-5-25-13-11-14-26(6-2)38(25)40-29-19-21-31-34(23-29)45-35-24-30(41-39-27(7-3)15-12-16-28(39)8-4)20-22-32(35)37(31)33-17-9-10-18-36(33)46(42,43)44;2*1-5-6(2,3)4;1-2-6(3,4)5/h2*9-24,40H,5-8H2,1-4H3,(H,42,43,44);2*1-2H3;2H2,1H3,(H,3,4,5)/p-2. The van der Waals surface area contributed by atoms with Gasteiger partial charge in [0.1, 0.15) is 42.9 Å². The number of hydrogen-bond acceptors (Lipinski definition) is 20. The molecule has 2 aliphatic heterocycles. The molecule has 0 bridgehead atoms. The number of nitrogens with one attached hydrogen (secondary N) is 2. The van der Waals surface area contributed by atoms with E-state index in [9.17, 15) is 51.2 Å². The maximum atomic E-state index is 12.5. The molecule has 2 heterocycles. The van der Waals surface area contributed by atoms with E-state index in [0.29, 0.717) is 66.8 Å². The van der Waals surface area contributed by atoms with E-state index in [-0.39, 0.29) is 15.5 Å². The highest BCUT2D eigenvalue weighted by atomic mass is 32.2. The lowest BCUT2D eigenvalue weighted by molar-refractivity contribution is 0.402. The van der Waals surface area contributed by atoms with E-state index in [1.807, 2.05) is 72.8 Å². The highest BCUT2D eigenvalue weighted by molar-refractivity contribution is 7.86. The lowest BCUT2D eigenvalue weighted by Crippen LogP contribution is -2.05. The number of anilines is 4. The predicted molar refractivity (Wildman–Crippen MR) is 436 cm³/mol. The van der Waals surface area contributed by atoms with Gasteiger partial charge < -0.3 is 28.6 Å². The highest BCUT2D eigenvalue weighted by Gasteiger charge is 2.25. The first kappa shape index (κ1) is 85.9. The minimum absolute atomic E-state index is 0.201. The van der Waals surface area contributed by atoms with Gasteiger partial charge in [-0.25, -0.2) is 26.8 Å². The van der Waals surface area contributed by atoms with Crippen LogP contribution in [-0.4, -0.2) is 88.2 Å². The van der Waals surface area contributed by atoms with Crippen LogP contribution in [0, 0.1) is 0 Å². The van der Waals surface area contributed by atoms with Crippen LogP contribution in [0.3, 0.4) is 0 Å². The average Bonchev–Trinajstić information content (AvgIpc) is 0.747. The van der Waals surface area contributed by atoms with Crippen molar-refractivity contribution >= 4 is 107 Å². The second kappa shape index (κ2) is 37.8. The summed E-state index contributed by atoms with van der Waals surface area (Å²) in [5.41, 5.74) is 19.7. The molecule has 21 nitrogen and oxygen atoms in total. The molecule has 0 atom stereocenters. The molecule has 0 saturated heterocycles. The lowest BCUT2D eigenvalue weighted by Gasteiger charge is -2.20. The van der Waals surface area contributed by atoms with Crippen LogP contribution in [0.4, 0.5) is 34.1 Å². The number of nitrogens with zero attached hydrogens (tertiary/aromatic N) is 2. The summed E-state index contributed by atoms with van der Waals surface area (Å²) >= 11 is 0. The largest absolute Gasteiger partial charge is 0.744 e. The lowest BCUT2D eigenvalue weighted by atomic mass is 9.93. The first-order valence-corrected chi connectivity index (χ1v) is 43.9. The zero-order valence-corrected chi connectivity index (χ0v) is 67.8. The van der Waals surface area contributed by atoms with E-state index in [1.54, 1.807) is 36.4 Å². The molecule has 8 aromatic rings. The molecular weight excluding hydrogens is 1500 g/mol. The number of rotatable bonds is 21. The van der Waals surface area contributed by atoms with Gasteiger partial charge in [0, 0.05) is 91.2 Å². The molecule has 0 amide bonds. The Morgan fingerprint density at radius 2 is 0.655 bits per heavy atom. The van der Waals surface area contributed by atoms with Gasteiger partial charge in [0.05, 0.1) is 64.4 Å². The van der Waals surface area contributed by atoms with Crippen molar-refractivity contribution in [3.05, 3.63) is 249 Å². The molecule has 0 saturated carbocycles. The van der Waals surface area contributed by atoms with E-state index < -0.39 is 50.6 Å². The fraction of sp³-hybridized carbons (Fsp3) is 0.262. The Kier molecular flexibility index (Phi) is 29.5. The van der Waals surface area contributed by atoms with Crippen molar-refractivity contribution in [2.75, 3.05) is 43.1 Å². The van der Waals surface area contributed by atoms with Crippen molar-refractivity contribution < 1.29 is 72.9 Å². The minimum atomic E-state index is -4.76. The van der Waals surface area contributed by atoms with Gasteiger partial charge >= 0.3 is 0 Å². The average molecular weight is 1590 g/mol. The topological polar surface area (TPSA) is 331 Å². The first-order valence-electron chi connectivity index (χ1n) is 35.8. The second-order valence-electron chi connectivity index (χ2n) is 25.3. The normalized spacial score (nSPS) is 12.1. The van der Waals surface area contributed by atoms with Crippen molar-refractivity contribution in [3.8, 4) is 44.9 Å². The van der Waals surface area contributed by atoms with Crippen LogP contribution < -0.4 is 21.3 Å². The molecule has 8 aromatic carbocycles. The Morgan fingerprint density at radius 1 is 0.373 bits per heavy atom. The number of fused-ring (bicyclic) bond motifs is 4. The van der Waals surface area contributed by atoms with E-state index in [0.717, 1.165) is 123 Å². The predicted octanol–water partition coefficient (Wildman–Crippen LogP) is 17.7. The number of hydrogen-bond donors (Lipinski definition) is 3. The van der Waals surface area contributed by atoms with Crippen LogP contribution >= 0.6 is 0 Å². The fourth-order valence-corrected chi connectivity index (χ4v) is 13.9. The molecule has 2 aliphatic carbocycles. The van der Waals surface area contributed by atoms with E-state index in [4.69, 9.17) is 23.4 Å². The Labute approximate surface area is 646 Å². The Morgan fingerprint density at radius 3 is 0.918 bits per heavy atom. The molecule has 26 heteroatoms. The number of aryl methyl sites for hydroxylation is 8. The van der Waals surface area contributed by atoms with Crippen molar-refractivity contribution in [2.24, 2.45) is 9.98 Å². The maximum Gasteiger partial charge on any atom is 0.264 e. The zero-order chi connectivity index (χ0) is 80.5. The van der Waals surface area contributed by atoms with Crippen molar-refractivity contribution in [1.82, 2.24) is 0 Å². The van der Waals surface area contributed by atoms with Crippen LogP contribution in [0.1, 0.15) is 107 Å². The van der Waals surface area contributed by atoms with E-state index >= 15 is 0 Å². The summed E-state index contributed by atoms with van der Waals surface area (Å²) in [5.74, 6) is 0.871. The molecule has 0 radical (unpaired) electrons. The number of para-hydroxylation sites is 4. The molecule has 3 N–H and O–H groups in total. The summed E-state index contributed by atoms with van der Waals surface area (Å²) in [4.78, 5) is 9.59. The molecular formula is C84H92N4O17S5-2. The van der Waals surface area contributed by atoms with Crippen LogP contribution in [0.25, 0.3) is 66.8 Å². The van der Waals surface area contributed by atoms with Gasteiger partial charge in [0.2, 0.25) is 0 Å². The first-order chi connectivity index (χ1) is 52.2. The Balaban J connectivity index is 0.000000226. The molecule has 4 aliphatic rings. The number of benzene rings is 10. The third-order valence-electron chi connectivity index (χ3n) is 18.2. The van der Waals surface area contributed by atoms with Gasteiger partial charge in [-0.3, -0.25) is 12.9 Å². The SMILES string of the molecule is CCS(=O)(=O)O.CCc1cccc(CC)c1N=c1ccc2c(-c3ccccc3S(=O)(=O)[O-])c3ccc(Nc4c(CC)cccc4CC)cc3oc-2c1.CCc1cccc(CC)c1N=c1ccc2c(-c3ccccc3S(=O)(=O)[O-])c3ccc(Nc4c(CC)cccc4CC)cc3oc-2c1.COS(C)(=O)=O.COS(C)(=O)=O. The molecule has 110 heavy (non-hydrogen) atoms. The van der Waals surface area contributed by atoms with Gasteiger partial charge in [-0.05, 0) is 163 Å². The third-order valence-corrected chi connectivity index (χ3v) is 21.9. The Hall–Kier alpha value is -9.71. The maximum absolute atomic E-state index is 12.5. The van der Waals surface area contributed by atoms with Crippen molar-refractivity contribution in [1.29, 1.82) is 0 Å². The summed E-state index contributed by atoms with van der Waals surface area (Å²) in [6.45, 7) is 18.4. The minimum Gasteiger partial charge on any atom is -0.744 e. The molecule has 582 valence electrons. The van der Waals surface area contributed by atoms with Gasteiger partial charge in [0.15, 0.2) is 0 Å². The molecule has 0 fully saturated rings. The monoisotopic (exact) mass is 1590 g/mol.